The predicted octanol–water partition coefficient (Wildman–Crippen LogP) is 5.14. The number of benzene rings is 1. The number of likely N-dealkylation sites (N-methyl/N-ethyl adjacent to an activating group) is 1. The Balaban J connectivity index is 2.18. The fraction of sp³-hybridized carbons (Fsp3) is 0.625. The minimum absolute atomic E-state index is 0.426. The zero-order chi connectivity index (χ0) is 15.2. The van der Waals surface area contributed by atoms with E-state index in [2.05, 4.69) is 42.7 Å². The van der Waals surface area contributed by atoms with Gasteiger partial charge < -0.3 is 5.32 Å². The molecule has 118 valence electrons. The summed E-state index contributed by atoms with van der Waals surface area (Å²) in [7, 11) is 0. The molecule has 0 aromatic heterocycles. The Bertz CT molecular complexity index is 436. The van der Waals surface area contributed by atoms with Gasteiger partial charge in [-0.3, -0.25) is 0 Å². The Kier molecular flexibility index (Phi) is 7.57. The molecule has 1 heterocycles. The summed E-state index contributed by atoms with van der Waals surface area (Å²) in [6, 6.07) is 6.21. The number of hydrogen-bond acceptors (Lipinski definition) is 3. The molecule has 2 rings (SSSR count). The highest BCUT2D eigenvalue weighted by Crippen LogP contribution is 2.37. The summed E-state index contributed by atoms with van der Waals surface area (Å²) in [5.74, 6) is 2.51. The summed E-state index contributed by atoms with van der Waals surface area (Å²) < 4.78 is 0. The first-order chi connectivity index (χ1) is 10.2. The minimum atomic E-state index is 0.426. The van der Waals surface area contributed by atoms with Crippen molar-refractivity contribution in [2.75, 3.05) is 18.1 Å². The molecule has 1 aromatic rings. The van der Waals surface area contributed by atoms with Crippen molar-refractivity contribution in [1.29, 1.82) is 0 Å². The van der Waals surface area contributed by atoms with Crippen molar-refractivity contribution in [3.63, 3.8) is 0 Å². The van der Waals surface area contributed by atoms with Gasteiger partial charge in [0.15, 0.2) is 0 Å². The first kappa shape index (κ1) is 17.8. The van der Waals surface area contributed by atoms with Crippen LogP contribution in [0.15, 0.2) is 18.2 Å². The Hall–Kier alpha value is 0.460. The van der Waals surface area contributed by atoms with E-state index in [0.717, 1.165) is 28.6 Å². The standard InChI is InChI=1S/C16H23Cl2NS2/c1-3-15-16(21-9-8-20-15)14(19-4-2)10-11-12(17)6-5-7-13(11)18/h5-7,14-16,19H,3-4,8-10H2,1-2H3. The molecule has 1 nitrogen and oxygen atoms in total. The van der Waals surface area contributed by atoms with Gasteiger partial charge in [-0.2, -0.15) is 23.5 Å². The molecule has 1 aliphatic heterocycles. The highest BCUT2D eigenvalue weighted by atomic mass is 35.5. The zero-order valence-corrected chi connectivity index (χ0v) is 15.7. The van der Waals surface area contributed by atoms with Crippen LogP contribution in [0.4, 0.5) is 0 Å². The minimum Gasteiger partial charge on any atom is -0.313 e. The molecule has 1 fully saturated rings. The van der Waals surface area contributed by atoms with Crippen LogP contribution < -0.4 is 5.32 Å². The number of thioether (sulfide) groups is 2. The molecule has 21 heavy (non-hydrogen) atoms. The lowest BCUT2D eigenvalue weighted by Gasteiger charge is -2.36. The summed E-state index contributed by atoms with van der Waals surface area (Å²) in [6.07, 6.45) is 2.13. The average molecular weight is 364 g/mol. The third-order valence-electron chi connectivity index (χ3n) is 3.84. The Morgan fingerprint density at radius 1 is 1.19 bits per heavy atom. The van der Waals surface area contributed by atoms with E-state index in [4.69, 9.17) is 23.2 Å². The molecule has 1 aliphatic rings. The molecule has 3 unspecified atom stereocenters. The van der Waals surface area contributed by atoms with Crippen molar-refractivity contribution in [1.82, 2.24) is 5.32 Å². The summed E-state index contributed by atoms with van der Waals surface area (Å²) in [5, 5.41) is 6.58. The van der Waals surface area contributed by atoms with Crippen molar-refractivity contribution in [2.24, 2.45) is 0 Å². The SMILES string of the molecule is CCNC(Cc1c(Cl)cccc1Cl)C1SCCSC1CC. The Labute approximate surface area is 146 Å². The normalized spacial score (nSPS) is 24.0. The maximum atomic E-state index is 6.36. The van der Waals surface area contributed by atoms with Gasteiger partial charge in [-0.15, -0.1) is 0 Å². The van der Waals surface area contributed by atoms with E-state index < -0.39 is 0 Å². The monoisotopic (exact) mass is 363 g/mol. The first-order valence-electron chi connectivity index (χ1n) is 7.56. The van der Waals surface area contributed by atoms with Gasteiger partial charge in [0, 0.05) is 38.1 Å². The van der Waals surface area contributed by atoms with Crippen molar-refractivity contribution in [3.8, 4) is 0 Å². The average Bonchev–Trinajstić information content (AvgIpc) is 2.50. The van der Waals surface area contributed by atoms with Gasteiger partial charge in [-0.25, -0.2) is 0 Å². The lowest BCUT2D eigenvalue weighted by atomic mass is 10.00. The van der Waals surface area contributed by atoms with E-state index in [9.17, 15) is 0 Å². The molecule has 0 radical (unpaired) electrons. The Morgan fingerprint density at radius 3 is 2.48 bits per heavy atom. The fourth-order valence-corrected chi connectivity index (χ4v) is 6.64. The second-order valence-corrected chi connectivity index (χ2v) is 8.67. The maximum absolute atomic E-state index is 6.36. The lowest BCUT2D eigenvalue weighted by molar-refractivity contribution is 0.490. The lowest BCUT2D eigenvalue weighted by Crippen LogP contribution is -2.46. The molecular formula is C16H23Cl2NS2. The number of hydrogen-bond donors (Lipinski definition) is 1. The van der Waals surface area contributed by atoms with Crippen LogP contribution >= 0.6 is 46.7 Å². The second-order valence-electron chi connectivity index (χ2n) is 5.22. The van der Waals surface area contributed by atoms with Crippen LogP contribution in [0.3, 0.4) is 0 Å². The largest absolute Gasteiger partial charge is 0.313 e. The molecular weight excluding hydrogens is 341 g/mol. The van der Waals surface area contributed by atoms with Gasteiger partial charge in [0.2, 0.25) is 0 Å². The first-order valence-corrected chi connectivity index (χ1v) is 10.4. The quantitative estimate of drug-likeness (QED) is 0.751. The fourth-order valence-electron chi connectivity index (χ4n) is 2.83. The second kappa shape index (κ2) is 8.93. The highest BCUT2D eigenvalue weighted by molar-refractivity contribution is 8.07. The van der Waals surface area contributed by atoms with E-state index >= 15 is 0 Å². The molecule has 0 aliphatic carbocycles. The van der Waals surface area contributed by atoms with Gasteiger partial charge >= 0.3 is 0 Å². The van der Waals surface area contributed by atoms with E-state index in [1.54, 1.807) is 0 Å². The molecule has 1 N–H and O–H groups in total. The van der Waals surface area contributed by atoms with Crippen LogP contribution in [0.1, 0.15) is 25.8 Å². The molecule has 0 amide bonds. The van der Waals surface area contributed by atoms with E-state index in [1.165, 1.54) is 17.9 Å². The van der Waals surface area contributed by atoms with Crippen LogP contribution in [0.2, 0.25) is 10.0 Å². The maximum Gasteiger partial charge on any atom is 0.0453 e. The molecule has 1 saturated heterocycles. The molecule has 1 aromatic carbocycles. The third kappa shape index (κ3) is 4.71. The number of rotatable bonds is 6. The molecule has 3 atom stereocenters. The van der Waals surface area contributed by atoms with Gasteiger partial charge in [-0.05, 0) is 37.1 Å². The molecule has 0 saturated carbocycles. The van der Waals surface area contributed by atoms with E-state index in [1.807, 2.05) is 18.2 Å². The summed E-state index contributed by atoms with van der Waals surface area (Å²) in [4.78, 5) is 0. The van der Waals surface area contributed by atoms with E-state index in [0.29, 0.717) is 16.5 Å². The smallest absolute Gasteiger partial charge is 0.0453 e. The zero-order valence-electron chi connectivity index (χ0n) is 12.6. The van der Waals surface area contributed by atoms with Crippen molar-refractivity contribution in [2.45, 2.75) is 43.2 Å². The summed E-state index contributed by atoms with van der Waals surface area (Å²) >= 11 is 16.9. The third-order valence-corrected chi connectivity index (χ3v) is 7.96. The van der Waals surface area contributed by atoms with Gasteiger partial charge in [-0.1, -0.05) is 43.1 Å². The Morgan fingerprint density at radius 2 is 1.86 bits per heavy atom. The number of halogens is 2. The molecule has 5 heteroatoms. The van der Waals surface area contributed by atoms with Crippen LogP contribution in [0.25, 0.3) is 0 Å². The van der Waals surface area contributed by atoms with Crippen LogP contribution in [-0.2, 0) is 6.42 Å². The topological polar surface area (TPSA) is 12.0 Å². The van der Waals surface area contributed by atoms with Gasteiger partial charge in [0.1, 0.15) is 0 Å². The van der Waals surface area contributed by atoms with Crippen molar-refractivity contribution < 1.29 is 0 Å². The molecule has 0 bridgehead atoms. The molecule has 0 spiro atoms. The van der Waals surface area contributed by atoms with E-state index in [-0.39, 0.29) is 0 Å². The predicted molar refractivity (Wildman–Crippen MR) is 100 cm³/mol. The summed E-state index contributed by atoms with van der Waals surface area (Å²) in [5.41, 5.74) is 1.08. The van der Waals surface area contributed by atoms with Crippen LogP contribution in [0, 0.1) is 0 Å². The van der Waals surface area contributed by atoms with Crippen LogP contribution in [-0.4, -0.2) is 34.6 Å². The summed E-state index contributed by atoms with van der Waals surface area (Å²) in [6.45, 7) is 5.44. The number of nitrogens with one attached hydrogen (secondary N) is 1. The highest BCUT2D eigenvalue weighted by Gasteiger charge is 2.32. The van der Waals surface area contributed by atoms with Gasteiger partial charge in [0.25, 0.3) is 0 Å². The van der Waals surface area contributed by atoms with Crippen LogP contribution in [0.5, 0.6) is 0 Å². The van der Waals surface area contributed by atoms with Gasteiger partial charge in [0.05, 0.1) is 0 Å². The van der Waals surface area contributed by atoms with Crippen molar-refractivity contribution in [3.05, 3.63) is 33.8 Å². The van der Waals surface area contributed by atoms with Crippen molar-refractivity contribution >= 4 is 46.7 Å².